The highest BCUT2D eigenvalue weighted by Crippen LogP contribution is 2.29. The molecule has 0 spiro atoms. The first-order chi connectivity index (χ1) is 13.7. The average molecular weight is 379 g/mol. The van der Waals surface area contributed by atoms with Gasteiger partial charge in [-0.25, -0.2) is 9.78 Å². The van der Waals surface area contributed by atoms with Gasteiger partial charge < -0.3 is 14.4 Å². The van der Waals surface area contributed by atoms with Crippen LogP contribution in [0, 0.1) is 0 Å². The van der Waals surface area contributed by atoms with Gasteiger partial charge in [-0.05, 0) is 36.6 Å². The first kappa shape index (κ1) is 19.6. The number of carbonyl (C=O) groups excluding carboxylic acids is 2. The third-order valence-corrected chi connectivity index (χ3v) is 4.58. The van der Waals surface area contributed by atoms with Crippen LogP contribution in [-0.4, -0.2) is 48.4 Å². The minimum atomic E-state index is -0.518. The molecule has 3 rings (SSSR count). The number of nitrogens with zero attached hydrogens (tertiary/aromatic N) is 3. The largest absolute Gasteiger partial charge is 0.445 e. The Bertz CT molecular complexity index is 819. The Hall–Kier alpha value is -3.15. The maximum absolute atomic E-state index is 12.3. The van der Waals surface area contributed by atoms with Gasteiger partial charge in [0.2, 0.25) is 0 Å². The molecule has 1 amide bonds. The Labute approximate surface area is 165 Å². The molecule has 1 heterocycles. The van der Waals surface area contributed by atoms with E-state index in [2.05, 4.69) is 16.9 Å². The Morgan fingerprint density at radius 2 is 1.93 bits per heavy atom. The van der Waals surface area contributed by atoms with Crippen LogP contribution in [0.15, 0.2) is 54.6 Å². The summed E-state index contributed by atoms with van der Waals surface area (Å²) in [6.07, 6.45) is 6.27. The zero-order valence-electron chi connectivity index (χ0n) is 16.0. The van der Waals surface area contributed by atoms with E-state index in [0.29, 0.717) is 12.3 Å². The molecule has 0 saturated heterocycles. The van der Waals surface area contributed by atoms with Crippen LogP contribution < -0.4 is 4.90 Å². The maximum Gasteiger partial charge on any atom is 0.410 e. The molecule has 2 aromatic rings. The summed E-state index contributed by atoms with van der Waals surface area (Å²) in [5.74, 6) is 0.941. The molecule has 0 N–H and O–H groups in total. The molecular formula is C22H25N3O3. The molecule has 6 nitrogen and oxygen atoms in total. The van der Waals surface area contributed by atoms with Gasteiger partial charge in [-0.3, -0.25) is 4.90 Å². The molecule has 1 aromatic heterocycles. The normalized spacial score (nSPS) is 13.3. The summed E-state index contributed by atoms with van der Waals surface area (Å²) in [5, 5.41) is 0. The van der Waals surface area contributed by atoms with E-state index in [1.807, 2.05) is 60.7 Å². The highest BCUT2D eigenvalue weighted by atomic mass is 16.6. The molecule has 146 valence electrons. The van der Waals surface area contributed by atoms with Gasteiger partial charge in [0.1, 0.15) is 18.7 Å². The van der Waals surface area contributed by atoms with E-state index in [1.165, 1.54) is 17.7 Å². The van der Waals surface area contributed by atoms with Crippen molar-refractivity contribution >= 4 is 24.3 Å². The molecular weight excluding hydrogens is 354 g/mol. The number of pyridine rings is 1. The number of hydrogen-bond acceptors (Lipinski definition) is 5. The zero-order chi connectivity index (χ0) is 19.8. The molecule has 6 heteroatoms. The van der Waals surface area contributed by atoms with Gasteiger partial charge in [0.15, 0.2) is 0 Å². The summed E-state index contributed by atoms with van der Waals surface area (Å²) >= 11 is 0. The minimum Gasteiger partial charge on any atom is -0.445 e. The lowest BCUT2D eigenvalue weighted by molar-refractivity contribution is -0.108. The Morgan fingerprint density at radius 3 is 2.64 bits per heavy atom. The van der Waals surface area contributed by atoms with Crippen LogP contribution in [0.2, 0.25) is 0 Å². The van der Waals surface area contributed by atoms with Crippen molar-refractivity contribution in [3.8, 4) is 0 Å². The molecule has 0 bridgehead atoms. The van der Waals surface area contributed by atoms with Crippen LogP contribution in [-0.2, 0) is 16.1 Å². The summed E-state index contributed by atoms with van der Waals surface area (Å²) in [4.78, 5) is 31.4. The predicted octanol–water partition coefficient (Wildman–Crippen LogP) is 3.53. The van der Waals surface area contributed by atoms with Gasteiger partial charge in [-0.1, -0.05) is 42.5 Å². The van der Waals surface area contributed by atoms with Gasteiger partial charge in [0, 0.05) is 19.6 Å². The van der Waals surface area contributed by atoms with Crippen LogP contribution in [0.5, 0.6) is 0 Å². The minimum absolute atomic E-state index is 0.0180. The maximum atomic E-state index is 12.3. The van der Waals surface area contributed by atoms with Gasteiger partial charge in [-0.15, -0.1) is 0 Å². The van der Waals surface area contributed by atoms with Crippen molar-refractivity contribution in [3.63, 3.8) is 0 Å². The first-order valence-corrected chi connectivity index (χ1v) is 9.43. The predicted molar refractivity (Wildman–Crippen MR) is 109 cm³/mol. The molecule has 0 aliphatic heterocycles. The fourth-order valence-corrected chi connectivity index (χ4v) is 2.80. The van der Waals surface area contributed by atoms with E-state index >= 15 is 0 Å². The smallest absolute Gasteiger partial charge is 0.410 e. The molecule has 1 saturated carbocycles. The molecule has 1 aromatic carbocycles. The second-order valence-corrected chi connectivity index (χ2v) is 6.78. The van der Waals surface area contributed by atoms with Crippen LogP contribution >= 0.6 is 0 Å². The number of ether oxygens (including phenoxy) is 1. The van der Waals surface area contributed by atoms with Crippen LogP contribution in [0.1, 0.15) is 24.1 Å². The molecule has 1 fully saturated rings. The summed E-state index contributed by atoms with van der Waals surface area (Å²) in [6, 6.07) is 15.9. The molecule has 28 heavy (non-hydrogen) atoms. The number of benzene rings is 1. The third kappa shape index (κ3) is 5.67. The lowest BCUT2D eigenvalue weighted by Gasteiger charge is -2.18. The number of anilines is 1. The highest BCUT2D eigenvalue weighted by Gasteiger charge is 2.26. The van der Waals surface area contributed by atoms with Gasteiger partial charge >= 0.3 is 6.09 Å². The lowest BCUT2D eigenvalue weighted by Crippen LogP contribution is -2.33. The van der Waals surface area contributed by atoms with E-state index in [1.54, 1.807) is 0 Å². The SMILES string of the molecule is CN(c1cccc(/C=C/CN(CC=O)C(=O)OCc2ccccc2)n1)C1CC1. The zero-order valence-corrected chi connectivity index (χ0v) is 16.0. The van der Waals surface area contributed by atoms with Crippen LogP contribution in [0.3, 0.4) is 0 Å². The summed E-state index contributed by atoms with van der Waals surface area (Å²) in [5.41, 5.74) is 1.71. The van der Waals surface area contributed by atoms with Crippen molar-refractivity contribution in [1.82, 2.24) is 9.88 Å². The Kier molecular flexibility index (Phi) is 6.78. The van der Waals surface area contributed by atoms with Crippen LogP contribution in [0.25, 0.3) is 6.08 Å². The molecule has 1 aliphatic rings. The van der Waals surface area contributed by atoms with Gasteiger partial charge in [0.25, 0.3) is 0 Å². The molecule has 0 atom stereocenters. The Morgan fingerprint density at radius 1 is 1.14 bits per heavy atom. The van der Waals surface area contributed by atoms with Crippen molar-refractivity contribution in [2.24, 2.45) is 0 Å². The van der Waals surface area contributed by atoms with Crippen molar-refractivity contribution in [2.75, 3.05) is 25.0 Å². The van der Waals surface area contributed by atoms with Crippen molar-refractivity contribution in [3.05, 3.63) is 65.9 Å². The lowest BCUT2D eigenvalue weighted by atomic mass is 10.2. The summed E-state index contributed by atoms with van der Waals surface area (Å²) in [7, 11) is 2.06. The number of hydrogen-bond donors (Lipinski definition) is 0. The van der Waals surface area contributed by atoms with Crippen molar-refractivity contribution in [2.45, 2.75) is 25.5 Å². The number of aldehydes is 1. The van der Waals surface area contributed by atoms with Gasteiger partial charge in [-0.2, -0.15) is 0 Å². The fraction of sp³-hybridized carbons (Fsp3) is 0.318. The molecule has 0 unspecified atom stereocenters. The summed E-state index contributed by atoms with van der Waals surface area (Å²) in [6.45, 7) is 0.433. The topological polar surface area (TPSA) is 62.7 Å². The van der Waals surface area contributed by atoms with E-state index in [-0.39, 0.29) is 19.7 Å². The summed E-state index contributed by atoms with van der Waals surface area (Å²) < 4.78 is 5.30. The number of carbonyl (C=O) groups is 2. The first-order valence-electron chi connectivity index (χ1n) is 9.43. The number of aromatic nitrogens is 1. The standard InChI is InChI=1S/C22H25N3O3/c1-24(20-12-13-20)21-11-5-9-19(23-21)10-6-14-25(15-16-26)22(27)28-17-18-7-3-2-4-8-18/h2-11,16,20H,12-15,17H2,1H3/b10-6+. The van der Waals surface area contributed by atoms with E-state index in [4.69, 9.17) is 4.74 Å². The van der Waals surface area contributed by atoms with Crippen molar-refractivity contribution < 1.29 is 14.3 Å². The fourth-order valence-electron chi connectivity index (χ4n) is 2.80. The van der Waals surface area contributed by atoms with E-state index in [0.717, 1.165) is 17.1 Å². The third-order valence-electron chi connectivity index (χ3n) is 4.58. The highest BCUT2D eigenvalue weighted by molar-refractivity contribution is 5.71. The monoisotopic (exact) mass is 379 g/mol. The number of rotatable bonds is 9. The number of amides is 1. The molecule has 1 aliphatic carbocycles. The second-order valence-electron chi connectivity index (χ2n) is 6.78. The van der Waals surface area contributed by atoms with E-state index in [9.17, 15) is 9.59 Å². The second kappa shape index (κ2) is 9.69. The van der Waals surface area contributed by atoms with E-state index < -0.39 is 6.09 Å². The molecule has 0 radical (unpaired) electrons. The van der Waals surface area contributed by atoms with Crippen molar-refractivity contribution in [1.29, 1.82) is 0 Å². The van der Waals surface area contributed by atoms with Crippen LogP contribution in [0.4, 0.5) is 10.6 Å². The quantitative estimate of drug-likeness (QED) is 0.624. The van der Waals surface area contributed by atoms with Gasteiger partial charge in [0.05, 0.1) is 12.2 Å². The average Bonchev–Trinajstić information content (AvgIpc) is 3.57. The Balaban J connectivity index is 1.55.